The minimum absolute atomic E-state index is 0. The van der Waals surface area contributed by atoms with Crippen molar-refractivity contribution in [2.45, 2.75) is 6.36 Å². The molecule has 0 amide bonds. The molecular formula is C8H4F3KO3. The Hall–Kier alpha value is -0.0836. The predicted molar refractivity (Wildman–Crippen MR) is 37.5 cm³/mol. The Morgan fingerprint density at radius 1 is 1.27 bits per heavy atom. The minimum Gasteiger partial charge on any atom is -0.545 e. The number of rotatable bonds is 2. The summed E-state index contributed by atoms with van der Waals surface area (Å²) in [5, 5.41) is 10.3. The molecule has 15 heavy (non-hydrogen) atoms. The zero-order chi connectivity index (χ0) is 10.8. The van der Waals surface area contributed by atoms with Gasteiger partial charge < -0.3 is 14.6 Å². The van der Waals surface area contributed by atoms with E-state index in [-0.39, 0.29) is 51.4 Å². The van der Waals surface area contributed by atoms with Gasteiger partial charge in [-0.15, -0.1) is 13.2 Å². The fourth-order valence-corrected chi connectivity index (χ4v) is 0.849. The van der Waals surface area contributed by atoms with Gasteiger partial charge in [-0.2, -0.15) is 0 Å². The van der Waals surface area contributed by atoms with E-state index in [1.54, 1.807) is 0 Å². The van der Waals surface area contributed by atoms with Crippen LogP contribution >= 0.6 is 0 Å². The molecule has 0 unspecified atom stereocenters. The summed E-state index contributed by atoms with van der Waals surface area (Å²) in [5.74, 6) is -2.50. The van der Waals surface area contributed by atoms with Gasteiger partial charge in [0, 0.05) is 5.56 Å². The maximum Gasteiger partial charge on any atom is 1.00 e. The van der Waals surface area contributed by atoms with Crippen LogP contribution in [-0.2, 0) is 0 Å². The summed E-state index contributed by atoms with van der Waals surface area (Å²) in [4.78, 5) is 10.3. The zero-order valence-corrected chi connectivity index (χ0v) is 10.8. The number of carbonyl (C=O) groups excluding carboxylic acids is 1. The van der Waals surface area contributed by atoms with E-state index in [9.17, 15) is 23.1 Å². The van der Waals surface area contributed by atoms with E-state index in [1.165, 1.54) is 12.1 Å². The van der Waals surface area contributed by atoms with Crippen molar-refractivity contribution < 1.29 is 79.2 Å². The van der Waals surface area contributed by atoms with Crippen LogP contribution in [0, 0.1) is 0 Å². The molecule has 7 heteroatoms. The van der Waals surface area contributed by atoms with E-state index in [0.717, 1.165) is 12.1 Å². The molecule has 1 aromatic rings. The molecule has 0 aliphatic rings. The van der Waals surface area contributed by atoms with Crippen LogP contribution in [0.3, 0.4) is 0 Å². The summed E-state index contributed by atoms with van der Waals surface area (Å²) in [5.41, 5.74) is -0.634. The molecule has 0 aliphatic carbocycles. The molecule has 0 aromatic heterocycles. The van der Waals surface area contributed by atoms with E-state index in [4.69, 9.17) is 0 Å². The van der Waals surface area contributed by atoms with E-state index < -0.39 is 23.6 Å². The Morgan fingerprint density at radius 2 is 1.80 bits per heavy atom. The predicted octanol–water partition coefficient (Wildman–Crippen LogP) is -2.05. The summed E-state index contributed by atoms with van der Waals surface area (Å²) in [6.07, 6.45) is -4.91. The van der Waals surface area contributed by atoms with Gasteiger partial charge in [0.1, 0.15) is 5.75 Å². The van der Waals surface area contributed by atoms with Crippen molar-refractivity contribution in [2.75, 3.05) is 0 Å². The van der Waals surface area contributed by atoms with E-state index in [2.05, 4.69) is 4.74 Å². The molecule has 0 saturated heterocycles. The van der Waals surface area contributed by atoms with Gasteiger partial charge in [-0.25, -0.2) is 0 Å². The van der Waals surface area contributed by atoms with Crippen molar-refractivity contribution in [2.24, 2.45) is 0 Å². The van der Waals surface area contributed by atoms with Gasteiger partial charge in [0.25, 0.3) is 0 Å². The molecule has 0 heterocycles. The van der Waals surface area contributed by atoms with Crippen molar-refractivity contribution in [1.29, 1.82) is 0 Å². The third kappa shape index (κ3) is 4.98. The number of carboxylic acids is 1. The van der Waals surface area contributed by atoms with Crippen LogP contribution in [0.4, 0.5) is 13.2 Å². The fourth-order valence-electron chi connectivity index (χ4n) is 0.849. The van der Waals surface area contributed by atoms with Crippen molar-refractivity contribution in [3.05, 3.63) is 29.8 Å². The number of hydrogen-bond acceptors (Lipinski definition) is 3. The number of halogens is 3. The zero-order valence-electron chi connectivity index (χ0n) is 7.67. The van der Waals surface area contributed by atoms with Crippen molar-refractivity contribution >= 4 is 5.97 Å². The molecule has 3 nitrogen and oxygen atoms in total. The second-order valence-electron chi connectivity index (χ2n) is 2.33. The normalized spacial score (nSPS) is 10.3. The molecule has 1 aromatic carbocycles. The van der Waals surface area contributed by atoms with Crippen LogP contribution in [0.5, 0.6) is 5.75 Å². The van der Waals surface area contributed by atoms with Gasteiger partial charge in [0.15, 0.2) is 0 Å². The van der Waals surface area contributed by atoms with Crippen LogP contribution in [0.1, 0.15) is 10.4 Å². The number of carboxylic acid groups (broad SMARTS) is 1. The maximum absolute atomic E-state index is 11.7. The smallest absolute Gasteiger partial charge is 0.545 e. The van der Waals surface area contributed by atoms with Crippen LogP contribution < -0.4 is 61.2 Å². The van der Waals surface area contributed by atoms with E-state index in [0.29, 0.717) is 0 Å². The van der Waals surface area contributed by atoms with Crippen molar-refractivity contribution in [3.63, 3.8) is 0 Å². The van der Waals surface area contributed by atoms with Gasteiger partial charge in [-0.1, -0.05) is 12.1 Å². The molecule has 76 valence electrons. The summed E-state index contributed by atoms with van der Waals surface area (Å²) >= 11 is 0. The molecule has 0 spiro atoms. The Morgan fingerprint density at radius 3 is 2.27 bits per heavy atom. The average molecular weight is 244 g/mol. The second-order valence-corrected chi connectivity index (χ2v) is 2.33. The Kier molecular flexibility index (Phi) is 5.82. The SMILES string of the molecule is O=C([O-])c1ccccc1OC(F)(F)F.[K+]. The van der Waals surface area contributed by atoms with Crippen LogP contribution in [-0.4, -0.2) is 12.3 Å². The summed E-state index contributed by atoms with van der Waals surface area (Å²) in [6, 6.07) is 4.37. The van der Waals surface area contributed by atoms with Gasteiger partial charge in [-0.05, 0) is 12.1 Å². The van der Waals surface area contributed by atoms with Crippen LogP contribution in [0.15, 0.2) is 24.3 Å². The monoisotopic (exact) mass is 244 g/mol. The van der Waals surface area contributed by atoms with E-state index >= 15 is 0 Å². The summed E-state index contributed by atoms with van der Waals surface area (Å²) in [6.45, 7) is 0. The molecule has 0 N–H and O–H groups in total. The number of benzene rings is 1. The first-order chi connectivity index (χ1) is 6.40. The standard InChI is InChI=1S/C8H5F3O3.K/c9-8(10,11)14-6-4-2-1-3-5(6)7(12)13;/h1-4H,(H,12,13);/q;+1/p-1. The molecule has 1 rings (SSSR count). The summed E-state index contributed by atoms with van der Waals surface area (Å²) in [7, 11) is 0. The first kappa shape index (κ1) is 14.9. The Labute approximate surface area is 126 Å². The molecule has 0 saturated carbocycles. The number of ether oxygens (including phenoxy) is 1. The van der Waals surface area contributed by atoms with Gasteiger partial charge in [0.2, 0.25) is 0 Å². The van der Waals surface area contributed by atoms with Crippen LogP contribution in [0.25, 0.3) is 0 Å². The largest absolute Gasteiger partial charge is 1.00 e. The topological polar surface area (TPSA) is 49.4 Å². The molecular weight excluding hydrogens is 240 g/mol. The minimum atomic E-state index is -4.91. The number of aromatic carboxylic acids is 1. The summed E-state index contributed by atoms with van der Waals surface area (Å²) < 4.78 is 38.7. The molecule has 0 radical (unpaired) electrons. The van der Waals surface area contributed by atoms with Crippen LogP contribution in [0.2, 0.25) is 0 Å². The van der Waals surface area contributed by atoms with E-state index in [1.807, 2.05) is 0 Å². The first-order valence-electron chi connectivity index (χ1n) is 3.46. The average Bonchev–Trinajstić information content (AvgIpc) is 2.01. The number of para-hydroxylation sites is 1. The maximum atomic E-state index is 11.7. The third-order valence-corrected chi connectivity index (χ3v) is 1.33. The van der Waals surface area contributed by atoms with Gasteiger partial charge in [0.05, 0.1) is 5.97 Å². The van der Waals surface area contributed by atoms with Gasteiger partial charge >= 0.3 is 57.7 Å². The van der Waals surface area contributed by atoms with Crippen molar-refractivity contribution in [3.8, 4) is 5.75 Å². The number of alkyl halides is 3. The Balaban J connectivity index is 0.00000196. The number of hydrogen-bond donors (Lipinski definition) is 0. The molecule has 0 bridgehead atoms. The molecule has 0 fully saturated rings. The molecule has 0 aliphatic heterocycles. The second kappa shape index (κ2) is 5.85. The fraction of sp³-hybridized carbons (Fsp3) is 0.125. The van der Waals surface area contributed by atoms with Crippen molar-refractivity contribution in [1.82, 2.24) is 0 Å². The van der Waals surface area contributed by atoms with Gasteiger partial charge in [-0.3, -0.25) is 0 Å². The Bertz CT molecular complexity index is 351. The first-order valence-corrected chi connectivity index (χ1v) is 3.46. The molecule has 0 atom stereocenters. The third-order valence-electron chi connectivity index (χ3n) is 1.33. The number of carbonyl (C=O) groups is 1. The quantitative estimate of drug-likeness (QED) is 0.563.